The van der Waals surface area contributed by atoms with Crippen LogP contribution in [-0.2, 0) is 22.9 Å². The highest BCUT2D eigenvalue weighted by Crippen LogP contribution is 2.16. The van der Waals surface area contributed by atoms with Crippen LogP contribution in [0.4, 0.5) is 0 Å². The second kappa shape index (κ2) is 13.5. The number of aromatic carboxylic acids is 1. The molecule has 0 aliphatic carbocycles. The van der Waals surface area contributed by atoms with E-state index in [1.165, 1.54) is 30.3 Å². The fourth-order valence-electron chi connectivity index (χ4n) is 3.86. The number of rotatable bonds is 13. The zero-order valence-corrected chi connectivity index (χ0v) is 21.9. The number of nitrogens with one attached hydrogen (secondary N) is 2. The van der Waals surface area contributed by atoms with Gasteiger partial charge < -0.3 is 15.2 Å². The first-order chi connectivity index (χ1) is 18.2. The number of hydrogen-bond donors (Lipinski definition) is 2. The Labute approximate surface area is 222 Å². The lowest BCUT2D eigenvalue weighted by atomic mass is 10.0. The standard InChI is InChI=1S/C28H31N3O6S/c1-2-3-5-13-21-17-23(19-30-25(21)28(34)35)27(33)31-38(36,37)24-15-8-14-22(18-24)26(32)29-16-9-12-20-10-6-4-7-11-20/h4,6-8,10-11,14-15,17-19H,2-3,5,9,12-13,16H2,1H3,(H,29,32)(H,31,33)(H,34,35)/p-1. The molecule has 2 amide bonds. The average Bonchev–Trinajstić information content (AvgIpc) is 2.91. The summed E-state index contributed by atoms with van der Waals surface area (Å²) < 4.78 is 27.7. The molecule has 0 unspecified atom stereocenters. The molecule has 10 heteroatoms. The van der Waals surface area contributed by atoms with E-state index in [4.69, 9.17) is 0 Å². The zero-order valence-electron chi connectivity index (χ0n) is 21.1. The summed E-state index contributed by atoms with van der Waals surface area (Å²) in [7, 11) is -4.32. The quantitative estimate of drug-likeness (QED) is 0.319. The Kier molecular flexibility index (Phi) is 10.1. The third-order valence-electron chi connectivity index (χ3n) is 5.88. The van der Waals surface area contributed by atoms with Crippen LogP contribution in [0.3, 0.4) is 0 Å². The first-order valence-electron chi connectivity index (χ1n) is 12.4. The largest absolute Gasteiger partial charge is 0.543 e. The zero-order chi connectivity index (χ0) is 27.5. The number of benzene rings is 2. The van der Waals surface area contributed by atoms with Gasteiger partial charge in [-0.1, -0.05) is 56.2 Å². The summed E-state index contributed by atoms with van der Waals surface area (Å²) in [5, 5.41) is 14.2. The predicted molar refractivity (Wildman–Crippen MR) is 140 cm³/mol. The van der Waals surface area contributed by atoms with E-state index in [2.05, 4.69) is 10.3 Å². The molecule has 0 aliphatic rings. The molecule has 0 saturated heterocycles. The molecule has 3 aromatic rings. The van der Waals surface area contributed by atoms with Gasteiger partial charge in [0.1, 0.15) is 0 Å². The second-order valence-corrected chi connectivity index (χ2v) is 10.5. The van der Waals surface area contributed by atoms with Gasteiger partial charge in [0.05, 0.1) is 22.1 Å². The molecular formula is C28H30N3O6S-. The molecule has 1 heterocycles. The Bertz CT molecular complexity index is 1390. The SMILES string of the molecule is CCCCCc1cc(C(=O)NS(=O)(=O)c2cccc(C(=O)NCCCc3ccccc3)c2)cnc1C(=O)[O-]. The number of hydrogen-bond acceptors (Lipinski definition) is 7. The van der Waals surface area contributed by atoms with Gasteiger partial charge in [0.25, 0.3) is 21.8 Å². The molecule has 0 saturated carbocycles. The van der Waals surface area contributed by atoms with Gasteiger partial charge >= 0.3 is 0 Å². The first-order valence-corrected chi connectivity index (χ1v) is 13.9. The molecule has 0 bridgehead atoms. The molecule has 0 fully saturated rings. The second-order valence-electron chi connectivity index (χ2n) is 8.78. The number of aryl methyl sites for hydroxylation is 2. The number of sulfonamides is 1. The van der Waals surface area contributed by atoms with Gasteiger partial charge in [-0.15, -0.1) is 0 Å². The van der Waals surface area contributed by atoms with Gasteiger partial charge in [-0.05, 0) is 61.1 Å². The number of nitrogens with zero attached hydrogens (tertiary/aromatic N) is 1. The lowest BCUT2D eigenvalue weighted by molar-refractivity contribution is -0.255. The fraction of sp³-hybridized carbons (Fsp3) is 0.286. The average molecular weight is 537 g/mol. The maximum absolute atomic E-state index is 12.9. The molecule has 200 valence electrons. The Morgan fingerprint density at radius 3 is 2.34 bits per heavy atom. The van der Waals surface area contributed by atoms with Crippen LogP contribution in [0, 0.1) is 0 Å². The predicted octanol–water partition coefficient (Wildman–Crippen LogP) is 2.66. The Morgan fingerprint density at radius 1 is 0.868 bits per heavy atom. The van der Waals surface area contributed by atoms with Crippen LogP contribution in [0.2, 0.25) is 0 Å². The molecular weight excluding hydrogens is 506 g/mol. The van der Waals surface area contributed by atoms with Crippen molar-refractivity contribution in [1.82, 2.24) is 15.0 Å². The number of carbonyl (C=O) groups is 3. The molecule has 2 aromatic carbocycles. The number of amides is 2. The molecule has 0 spiro atoms. The van der Waals surface area contributed by atoms with Crippen LogP contribution in [0.15, 0.2) is 71.8 Å². The van der Waals surface area contributed by atoms with E-state index in [1.54, 1.807) is 0 Å². The molecule has 2 N–H and O–H groups in total. The molecule has 0 atom stereocenters. The minimum absolute atomic E-state index is 0.0996. The lowest BCUT2D eigenvalue weighted by Crippen LogP contribution is -2.32. The number of unbranched alkanes of at least 4 members (excludes halogenated alkanes) is 2. The summed E-state index contributed by atoms with van der Waals surface area (Å²) in [6.07, 6.45) is 5.32. The topological polar surface area (TPSA) is 145 Å². The van der Waals surface area contributed by atoms with E-state index in [0.29, 0.717) is 24.9 Å². The van der Waals surface area contributed by atoms with Crippen molar-refractivity contribution < 1.29 is 27.9 Å². The number of pyridine rings is 1. The fourth-order valence-corrected chi connectivity index (χ4v) is 4.88. The Hall–Kier alpha value is -4.05. The van der Waals surface area contributed by atoms with Gasteiger partial charge in [0.2, 0.25) is 0 Å². The highest BCUT2D eigenvalue weighted by atomic mass is 32.2. The Morgan fingerprint density at radius 2 is 1.63 bits per heavy atom. The van der Waals surface area contributed by atoms with Crippen molar-refractivity contribution in [2.75, 3.05) is 6.54 Å². The lowest BCUT2D eigenvalue weighted by Gasteiger charge is -2.12. The van der Waals surface area contributed by atoms with E-state index in [0.717, 1.165) is 37.4 Å². The van der Waals surface area contributed by atoms with Crippen molar-refractivity contribution in [2.24, 2.45) is 0 Å². The van der Waals surface area contributed by atoms with Gasteiger partial charge in [0.15, 0.2) is 0 Å². The summed E-state index contributed by atoms with van der Waals surface area (Å²) in [6, 6.07) is 16.5. The van der Waals surface area contributed by atoms with Gasteiger partial charge in [-0.3, -0.25) is 14.6 Å². The van der Waals surface area contributed by atoms with E-state index in [-0.39, 0.29) is 21.7 Å². The minimum Gasteiger partial charge on any atom is -0.543 e. The van der Waals surface area contributed by atoms with Crippen LogP contribution in [-0.4, -0.2) is 37.7 Å². The summed E-state index contributed by atoms with van der Waals surface area (Å²) in [5.74, 6) is -2.86. The van der Waals surface area contributed by atoms with Crippen molar-refractivity contribution in [2.45, 2.75) is 50.3 Å². The minimum atomic E-state index is -4.32. The van der Waals surface area contributed by atoms with Gasteiger partial charge in [-0.2, -0.15) is 0 Å². The van der Waals surface area contributed by atoms with E-state index < -0.39 is 27.8 Å². The maximum atomic E-state index is 12.9. The molecule has 38 heavy (non-hydrogen) atoms. The van der Waals surface area contributed by atoms with Crippen molar-refractivity contribution in [3.8, 4) is 0 Å². The summed E-state index contributed by atoms with van der Waals surface area (Å²) >= 11 is 0. The highest BCUT2D eigenvalue weighted by Gasteiger charge is 2.21. The summed E-state index contributed by atoms with van der Waals surface area (Å²) in [4.78, 5) is 40.2. The van der Waals surface area contributed by atoms with E-state index in [9.17, 15) is 27.9 Å². The van der Waals surface area contributed by atoms with Crippen LogP contribution in [0.1, 0.15) is 74.9 Å². The van der Waals surface area contributed by atoms with Crippen molar-refractivity contribution >= 4 is 27.8 Å². The molecule has 0 radical (unpaired) electrons. The maximum Gasteiger partial charge on any atom is 0.266 e. The number of carbonyl (C=O) groups excluding carboxylic acids is 3. The van der Waals surface area contributed by atoms with E-state index >= 15 is 0 Å². The first kappa shape index (κ1) is 28.5. The number of carboxylic acids is 1. The number of aromatic nitrogens is 1. The van der Waals surface area contributed by atoms with Crippen LogP contribution in [0.5, 0.6) is 0 Å². The summed E-state index contributed by atoms with van der Waals surface area (Å²) in [5.41, 5.74) is 1.22. The van der Waals surface area contributed by atoms with Gasteiger partial charge in [0, 0.05) is 18.3 Å². The van der Waals surface area contributed by atoms with Gasteiger partial charge in [-0.25, -0.2) is 13.1 Å². The molecule has 0 aliphatic heterocycles. The number of carboxylic acid groups (broad SMARTS) is 1. The molecule has 9 nitrogen and oxygen atoms in total. The third kappa shape index (κ3) is 7.97. The Balaban J connectivity index is 1.66. The van der Waals surface area contributed by atoms with Crippen molar-refractivity contribution in [3.05, 3.63) is 94.8 Å². The van der Waals surface area contributed by atoms with E-state index in [1.807, 2.05) is 42.0 Å². The van der Waals surface area contributed by atoms with Crippen LogP contribution < -0.4 is 15.1 Å². The monoisotopic (exact) mass is 536 g/mol. The third-order valence-corrected chi connectivity index (χ3v) is 7.20. The normalized spacial score (nSPS) is 11.1. The van der Waals surface area contributed by atoms with Crippen LogP contribution >= 0.6 is 0 Å². The molecule has 3 rings (SSSR count). The summed E-state index contributed by atoms with van der Waals surface area (Å²) in [6.45, 7) is 2.41. The smallest absolute Gasteiger partial charge is 0.266 e. The molecule has 1 aromatic heterocycles. The van der Waals surface area contributed by atoms with Crippen LogP contribution in [0.25, 0.3) is 0 Å². The highest BCUT2D eigenvalue weighted by molar-refractivity contribution is 7.90. The van der Waals surface area contributed by atoms with Crippen molar-refractivity contribution in [1.29, 1.82) is 0 Å². The van der Waals surface area contributed by atoms with Crippen molar-refractivity contribution in [3.63, 3.8) is 0 Å².